The number of halogens is 2. The molecule has 6 heterocycles. The summed E-state index contributed by atoms with van der Waals surface area (Å²) in [5.41, 5.74) is 9.77. The third-order valence-electron chi connectivity index (χ3n) is 21.7. The van der Waals surface area contributed by atoms with Crippen molar-refractivity contribution < 1.29 is 77.1 Å². The Morgan fingerprint density at radius 3 is 1.28 bits per heavy atom. The molecule has 552 valence electrons. The molecule has 2 saturated carbocycles. The Kier molecular flexibility index (Phi) is 24.9. The first kappa shape index (κ1) is 78.3. The molecular weight excluding hydrogens is 1350 g/mol. The summed E-state index contributed by atoms with van der Waals surface area (Å²) in [5.74, 6) is 0.443. The highest BCUT2D eigenvalue weighted by Gasteiger charge is 2.56. The van der Waals surface area contributed by atoms with Crippen molar-refractivity contribution in [2.24, 2.45) is 0 Å². The standard InChI is InChI=1S/C21H27ClN2O5.C21H27NO5.C18H23ClN2O3.C18H23NO3/c1-6-28-20(26)29-18-17(16-13(2)11-15(22)12-14(16)3)19(25)23(4)21(18)7-9-24(27-5)10-8-21;1-5-26-20(24)27-18-17(16-12-13(2)6-7-14(16)3)19(23)22-21(18)10-8-15(25-4)9-11-21;1-11-9-13(19)10-12(2)14(11)15-16(22)18(20(3)17(15)23)5-7-21(24-4)8-6-18;1-11-4-5-12(2)14(10-11)15-16(20)18(19-17(15)21)8-6-13(22-3)7-9-18/h11-12H,6-10H2,1-5H3;6-7,12,15H,5,8-11H2,1-4H3,(H,22,23);9-10,22H,5-8H2,1-4H3;4-5,10,13,20H,6-9H2,1-3H3,(H,19,21). The quantitative estimate of drug-likeness (QED) is 0.0962. The van der Waals surface area contributed by atoms with Crippen molar-refractivity contribution >= 4 is 81.4 Å². The first-order valence-electron chi connectivity index (χ1n) is 35.0. The number of aryl methyl sites for hydroxylation is 8. The van der Waals surface area contributed by atoms with Crippen LogP contribution in [0.5, 0.6) is 0 Å². The number of likely N-dealkylation sites (N-methyl/N-ethyl adjacent to an activating group) is 2. The summed E-state index contributed by atoms with van der Waals surface area (Å²) >= 11 is 12.3. The van der Waals surface area contributed by atoms with E-state index < -0.39 is 34.5 Å². The third-order valence-corrected chi connectivity index (χ3v) is 22.2. The van der Waals surface area contributed by atoms with E-state index in [1.165, 1.54) is 0 Å². The molecule has 8 aliphatic rings. The van der Waals surface area contributed by atoms with Crippen molar-refractivity contribution in [3.63, 3.8) is 0 Å². The number of carbonyl (C=O) groups excluding carboxylic acids is 6. The van der Waals surface area contributed by atoms with Gasteiger partial charge in [0.05, 0.1) is 73.0 Å². The minimum atomic E-state index is -0.805. The number of hydrogen-bond donors (Lipinski definition) is 4. The summed E-state index contributed by atoms with van der Waals surface area (Å²) in [5, 5.41) is 32.9. The lowest BCUT2D eigenvalue weighted by molar-refractivity contribution is -0.162. The molecule has 4 N–H and O–H groups in total. The molecule has 4 amide bonds. The molecule has 102 heavy (non-hydrogen) atoms. The molecule has 2 saturated heterocycles. The molecule has 0 unspecified atom stereocenters. The van der Waals surface area contributed by atoms with E-state index >= 15 is 0 Å². The smallest absolute Gasteiger partial charge is 0.509 e. The molecule has 4 aromatic carbocycles. The van der Waals surface area contributed by atoms with Crippen LogP contribution in [0.15, 0.2) is 83.7 Å². The van der Waals surface area contributed by atoms with Crippen LogP contribution in [0.25, 0.3) is 22.3 Å². The van der Waals surface area contributed by atoms with Crippen LogP contribution in [0, 0.1) is 55.4 Å². The normalized spacial score (nSPS) is 23.2. The third kappa shape index (κ3) is 15.5. The molecule has 12 rings (SSSR count). The summed E-state index contributed by atoms with van der Waals surface area (Å²) in [4.78, 5) is 90.3. The van der Waals surface area contributed by atoms with Gasteiger partial charge in [-0.25, -0.2) is 9.59 Å². The lowest BCUT2D eigenvalue weighted by atomic mass is 9.79. The number of rotatable bonds is 12. The Hall–Kier alpha value is -7.80. The van der Waals surface area contributed by atoms with Crippen LogP contribution in [0.3, 0.4) is 0 Å². The number of benzene rings is 4. The second-order valence-corrected chi connectivity index (χ2v) is 28.7. The average molecular weight is 1450 g/mol. The molecular formula is C78H100Cl2N6O16. The fourth-order valence-electron chi connectivity index (χ4n) is 15.9. The number of piperidine rings is 2. The number of methoxy groups -OCH3 is 2. The highest BCUT2D eigenvalue weighted by atomic mass is 35.5. The Balaban J connectivity index is 0.000000159. The van der Waals surface area contributed by atoms with E-state index in [1.54, 1.807) is 66.2 Å². The lowest BCUT2D eigenvalue weighted by Gasteiger charge is -2.43. The minimum Gasteiger partial charge on any atom is -0.509 e. The number of aliphatic hydroxyl groups excluding tert-OH is 2. The van der Waals surface area contributed by atoms with Crippen LogP contribution in [-0.2, 0) is 57.3 Å². The second kappa shape index (κ2) is 32.5. The highest BCUT2D eigenvalue weighted by Crippen LogP contribution is 2.50. The van der Waals surface area contributed by atoms with Crippen LogP contribution >= 0.6 is 23.2 Å². The maximum Gasteiger partial charge on any atom is 0.513 e. The van der Waals surface area contributed by atoms with E-state index in [2.05, 4.69) is 10.6 Å². The predicted molar refractivity (Wildman–Crippen MR) is 390 cm³/mol. The number of amides is 4. The topological polar surface area (TPSA) is 254 Å². The van der Waals surface area contributed by atoms with Gasteiger partial charge in [-0.1, -0.05) is 70.7 Å². The fourth-order valence-corrected chi connectivity index (χ4v) is 16.6. The van der Waals surface area contributed by atoms with Crippen molar-refractivity contribution in [2.75, 3.05) is 81.9 Å². The first-order valence-corrected chi connectivity index (χ1v) is 35.8. The Labute approximate surface area is 609 Å². The lowest BCUT2D eigenvalue weighted by Crippen LogP contribution is -2.53. The van der Waals surface area contributed by atoms with Crippen LogP contribution in [0.4, 0.5) is 9.59 Å². The number of carbonyl (C=O) groups is 6. The van der Waals surface area contributed by atoms with Gasteiger partial charge in [-0.15, -0.1) is 0 Å². The van der Waals surface area contributed by atoms with Crippen LogP contribution in [0.1, 0.15) is 158 Å². The van der Waals surface area contributed by atoms with Gasteiger partial charge in [-0.2, -0.15) is 10.1 Å². The molecule has 4 spiro atoms. The van der Waals surface area contributed by atoms with Crippen molar-refractivity contribution in [2.45, 2.75) is 181 Å². The Bertz CT molecular complexity index is 3970. The van der Waals surface area contributed by atoms with Crippen LogP contribution < -0.4 is 10.6 Å². The zero-order chi connectivity index (χ0) is 74.5. The molecule has 0 bridgehead atoms. The molecule has 4 fully saturated rings. The van der Waals surface area contributed by atoms with E-state index in [9.17, 15) is 39.0 Å². The maximum absolute atomic E-state index is 13.4. The summed E-state index contributed by atoms with van der Waals surface area (Å²) in [6.07, 6.45) is 7.24. The SMILES string of the molecule is CCOC(=O)OC1=C(c2c(C)cc(Cl)cc2C)C(=O)N(C)C12CCN(OC)CC2.CCOC(=O)OC1=C(c2cc(C)ccc2C)C(=O)NC12CCC(OC)CC2.COC1CCC2(CC1)NC(=O)C(c1cc(C)ccc1C)=C2O.CON1CCC2(CC1)C(O)=C(c1c(C)cc(Cl)cc1C)C(=O)N2C. The highest BCUT2D eigenvalue weighted by molar-refractivity contribution is 6.32. The van der Waals surface area contributed by atoms with Crippen molar-refractivity contribution in [1.82, 2.24) is 30.6 Å². The molecule has 4 aromatic rings. The van der Waals surface area contributed by atoms with E-state index in [4.69, 9.17) is 61.3 Å². The van der Waals surface area contributed by atoms with Gasteiger partial charge < -0.3 is 68.7 Å². The number of aliphatic hydroxyl groups is 2. The number of ether oxygens (including phenoxy) is 6. The number of hydroxylamine groups is 4. The van der Waals surface area contributed by atoms with Crippen molar-refractivity contribution in [1.29, 1.82) is 0 Å². The van der Waals surface area contributed by atoms with Gasteiger partial charge in [-0.3, -0.25) is 19.2 Å². The summed E-state index contributed by atoms with van der Waals surface area (Å²) in [7, 11) is 10.2. The zero-order valence-electron chi connectivity index (χ0n) is 61.8. The zero-order valence-corrected chi connectivity index (χ0v) is 63.3. The fraction of sp³-hybridized carbons (Fsp3) is 0.513. The van der Waals surface area contributed by atoms with E-state index in [0.717, 1.165) is 105 Å². The molecule has 6 aliphatic heterocycles. The summed E-state index contributed by atoms with van der Waals surface area (Å²) < 4.78 is 32.2. The van der Waals surface area contributed by atoms with Gasteiger partial charge in [0, 0.05) is 64.5 Å². The molecule has 0 aromatic heterocycles. The van der Waals surface area contributed by atoms with Crippen LogP contribution in [-0.4, -0.2) is 182 Å². The predicted octanol–water partition coefficient (Wildman–Crippen LogP) is 13.5. The average Bonchev–Trinajstić information content (AvgIpc) is 1.59. The van der Waals surface area contributed by atoms with Gasteiger partial charge in [0.15, 0.2) is 5.76 Å². The Morgan fingerprint density at radius 1 is 0.480 bits per heavy atom. The van der Waals surface area contributed by atoms with E-state index in [1.807, 2.05) is 126 Å². The van der Waals surface area contributed by atoms with Crippen molar-refractivity contribution in [3.05, 3.63) is 161 Å². The largest absolute Gasteiger partial charge is 0.513 e. The molecule has 22 nitrogen and oxygen atoms in total. The van der Waals surface area contributed by atoms with Crippen LogP contribution in [0.2, 0.25) is 10.0 Å². The minimum absolute atomic E-state index is 0.133. The van der Waals surface area contributed by atoms with Gasteiger partial charge in [0.1, 0.15) is 28.4 Å². The van der Waals surface area contributed by atoms with Gasteiger partial charge >= 0.3 is 12.3 Å². The summed E-state index contributed by atoms with van der Waals surface area (Å²) in [6.45, 7) is 21.9. The molecule has 0 atom stereocenters. The van der Waals surface area contributed by atoms with Gasteiger partial charge in [-0.05, 0) is 226 Å². The summed E-state index contributed by atoms with van der Waals surface area (Å²) in [6, 6.07) is 19.2. The van der Waals surface area contributed by atoms with E-state index in [-0.39, 0.29) is 60.6 Å². The van der Waals surface area contributed by atoms with Gasteiger partial charge in [0.25, 0.3) is 23.6 Å². The molecule has 0 radical (unpaired) electrons. The second-order valence-electron chi connectivity index (χ2n) is 27.8. The number of hydrogen-bond acceptors (Lipinski definition) is 18. The van der Waals surface area contributed by atoms with Crippen molar-refractivity contribution in [3.8, 4) is 0 Å². The van der Waals surface area contributed by atoms with E-state index in [0.29, 0.717) is 109 Å². The van der Waals surface area contributed by atoms with Gasteiger partial charge in [0.2, 0.25) is 0 Å². The monoisotopic (exact) mass is 1450 g/mol. The number of nitrogens with zero attached hydrogens (tertiary/aromatic N) is 4. The molecule has 2 aliphatic carbocycles. The number of nitrogens with one attached hydrogen (secondary N) is 2. The maximum atomic E-state index is 13.4. The molecule has 24 heteroatoms. The first-order chi connectivity index (χ1) is 48.4. The Morgan fingerprint density at radius 2 is 0.853 bits per heavy atom.